The third kappa shape index (κ3) is 2.36. The molecule has 1 saturated heterocycles. The molecule has 1 aliphatic heterocycles. The summed E-state index contributed by atoms with van der Waals surface area (Å²) in [6.07, 6.45) is 4.85. The van der Waals surface area contributed by atoms with Crippen LogP contribution >= 0.6 is 0 Å². The maximum atomic E-state index is 13.1. The summed E-state index contributed by atoms with van der Waals surface area (Å²) in [7, 11) is 0. The van der Waals surface area contributed by atoms with Gasteiger partial charge in [0.1, 0.15) is 0 Å². The van der Waals surface area contributed by atoms with Gasteiger partial charge in [0.05, 0.1) is 11.1 Å². The van der Waals surface area contributed by atoms with Crippen LogP contribution in [0.4, 0.5) is 0 Å². The number of aryl methyl sites for hydroxylation is 2. The van der Waals surface area contributed by atoms with Crippen molar-refractivity contribution in [2.24, 2.45) is 0 Å². The highest BCUT2D eigenvalue weighted by molar-refractivity contribution is 6.07. The Morgan fingerprint density at radius 3 is 2.74 bits per heavy atom. The molecule has 2 heterocycles. The van der Waals surface area contributed by atoms with Crippen LogP contribution in [0.15, 0.2) is 18.2 Å². The van der Waals surface area contributed by atoms with Gasteiger partial charge < -0.3 is 14.8 Å². The number of hydrogen-bond acceptors (Lipinski definition) is 2. The lowest BCUT2D eigenvalue weighted by Gasteiger charge is -2.28. The lowest BCUT2D eigenvalue weighted by molar-refractivity contribution is 0.0737. The molecule has 0 bridgehead atoms. The number of nitrogens with one attached hydrogen (secondary N) is 1. The van der Waals surface area contributed by atoms with Crippen LogP contribution in [0.2, 0.25) is 0 Å². The summed E-state index contributed by atoms with van der Waals surface area (Å²) in [6.45, 7) is 6.54. The molecular formula is C19H25N3O. The number of piperazine rings is 1. The van der Waals surface area contributed by atoms with Gasteiger partial charge in [0.15, 0.2) is 0 Å². The highest BCUT2D eigenvalue weighted by atomic mass is 16.2. The Bertz CT molecular complexity index is 741. The van der Waals surface area contributed by atoms with Gasteiger partial charge in [-0.15, -0.1) is 0 Å². The zero-order valence-corrected chi connectivity index (χ0v) is 13.9. The Hall–Kier alpha value is -1.81. The molecule has 0 unspecified atom stereocenters. The molecule has 23 heavy (non-hydrogen) atoms. The second-order valence-corrected chi connectivity index (χ2v) is 6.62. The molecule has 0 radical (unpaired) electrons. The van der Waals surface area contributed by atoms with Crippen LogP contribution in [-0.4, -0.2) is 41.6 Å². The SMILES string of the molecule is CCn1c2c(c3cccc(C(=O)N4CCNCC4)c31)CCCC2. The van der Waals surface area contributed by atoms with Gasteiger partial charge in [0.2, 0.25) is 0 Å². The molecule has 1 aromatic heterocycles. The summed E-state index contributed by atoms with van der Waals surface area (Å²) in [5.41, 5.74) is 5.02. The van der Waals surface area contributed by atoms with E-state index in [1.54, 1.807) is 0 Å². The van der Waals surface area contributed by atoms with Crippen molar-refractivity contribution in [1.82, 2.24) is 14.8 Å². The molecule has 1 aliphatic carbocycles. The number of carbonyl (C=O) groups excluding carboxylic acids is 1. The summed E-state index contributed by atoms with van der Waals surface area (Å²) in [4.78, 5) is 15.1. The van der Waals surface area contributed by atoms with Gasteiger partial charge >= 0.3 is 0 Å². The minimum Gasteiger partial charge on any atom is -0.344 e. The van der Waals surface area contributed by atoms with Gasteiger partial charge in [-0.05, 0) is 44.2 Å². The monoisotopic (exact) mass is 311 g/mol. The number of nitrogens with zero attached hydrogens (tertiary/aromatic N) is 2. The summed E-state index contributed by atoms with van der Waals surface area (Å²) in [5, 5.41) is 4.63. The second-order valence-electron chi connectivity index (χ2n) is 6.62. The molecule has 0 atom stereocenters. The topological polar surface area (TPSA) is 37.3 Å². The summed E-state index contributed by atoms with van der Waals surface area (Å²) in [5.74, 6) is 0.196. The van der Waals surface area contributed by atoms with Crippen LogP contribution in [0.25, 0.3) is 10.9 Å². The van der Waals surface area contributed by atoms with Crippen molar-refractivity contribution in [3.8, 4) is 0 Å². The highest BCUT2D eigenvalue weighted by Gasteiger charge is 2.25. The Morgan fingerprint density at radius 2 is 1.96 bits per heavy atom. The quantitative estimate of drug-likeness (QED) is 0.925. The van der Waals surface area contributed by atoms with Crippen LogP contribution < -0.4 is 5.32 Å². The van der Waals surface area contributed by atoms with Gasteiger partial charge in [-0.2, -0.15) is 0 Å². The lowest BCUT2D eigenvalue weighted by atomic mass is 9.95. The molecule has 2 aliphatic rings. The van der Waals surface area contributed by atoms with E-state index in [1.165, 1.54) is 35.0 Å². The normalized spacial score (nSPS) is 18.2. The van der Waals surface area contributed by atoms with E-state index in [9.17, 15) is 4.79 Å². The molecular weight excluding hydrogens is 286 g/mol. The van der Waals surface area contributed by atoms with Crippen molar-refractivity contribution in [2.45, 2.75) is 39.2 Å². The Morgan fingerprint density at radius 1 is 1.17 bits per heavy atom. The largest absolute Gasteiger partial charge is 0.344 e. The van der Waals surface area contributed by atoms with Crippen molar-refractivity contribution in [1.29, 1.82) is 0 Å². The van der Waals surface area contributed by atoms with Crippen molar-refractivity contribution in [3.05, 3.63) is 35.0 Å². The standard InChI is InChI=1S/C19H25N3O/c1-2-22-17-9-4-3-6-14(17)15-7-5-8-16(18(15)22)19(23)21-12-10-20-11-13-21/h5,7-8,20H,2-4,6,9-13H2,1H3. The maximum Gasteiger partial charge on any atom is 0.256 e. The predicted octanol–water partition coefficient (Wildman–Crippen LogP) is 2.59. The van der Waals surface area contributed by atoms with Crippen LogP contribution in [0.5, 0.6) is 0 Å². The number of para-hydroxylation sites is 1. The fourth-order valence-electron chi connectivity index (χ4n) is 4.25. The van der Waals surface area contributed by atoms with Crippen LogP contribution in [0.1, 0.15) is 41.4 Å². The van der Waals surface area contributed by atoms with Gasteiger partial charge in [0.25, 0.3) is 5.91 Å². The minimum absolute atomic E-state index is 0.196. The van der Waals surface area contributed by atoms with Crippen LogP contribution in [0.3, 0.4) is 0 Å². The zero-order valence-electron chi connectivity index (χ0n) is 13.9. The van der Waals surface area contributed by atoms with E-state index in [1.807, 2.05) is 11.0 Å². The molecule has 1 fully saturated rings. The van der Waals surface area contributed by atoms with Crippen molar-refractivity contribution < 1.29 is 4.79 Å². The molecule has 0 saturated carbocycles. The number of aromatic nitrogens is 1. The van der Waals surface area contributed by atoms with Crippen molar-refractivity contribution in [3.63, 3.8) is 0 Å². The van der Waals surface area contributed by atoms with Crippen molar-refractivity contribution in [2.75, 3.05) is 26.2 Å². The molecule has 4 nitrogen and oxygen atoms in total. The fourth-order valence-corrected chi connectivity index (χ4v) is 4.25. The smallest absolute Gasteiger partial charge is 0.256 e. The van der Waals surface area contributed by atoms with Gasteiger partial charge in [0, 0.05) is 43.8 Å². The average Bonchev–Trinajstić information content (AvgIpc) is 2.95. The zero-order chi connectivity index (χ0) is 15.8. The fraction of sp³-hybridized carbons (Fsp3) is 0.526. The van der Waals surface area contributed by atoms with E-state index in [4.69, 9.17) is 0 Å². The number of hydrogen-bond donors (Lipinski definition) is 1. The van der Waals surface area contributed by atoms with E-state index >= 15 is 0 Å². The highest BCUT2D eigenvalue weighted by Crippen LogP contribution is 2.34. The average molecular weight is 311 g/mol. The van der Waals surface area contributed by atoms with E-state index in [0.29, 0.717) is 0 Å². The van der Waals surface area contributed by atoms with Crippen LogP contribution in [0, 0.1) is 0 Å². The Kier molecular flexibility index (Phi) is 3.85. The third-order valence-corrected chi connectivity index (χ3v) is 5.35. The Balaban J connectivity index is 1.86. The molecule has 1 amide bonds. The van der Waals surface area contributed by atoms with Gasteiger partial charge in [-0.25, -0.2) is 0 Å². The first-order valence-corrected chi connectivity index (χ1v) is 8.94. The van der Waals surface area contributed by atoms with Gasteiger partial charge in [-0.3, -0.25) is 4.79 Å². The summed E-state index contributed by atoms with van der Waals surface area (Å²) >= 11 is 0. The van der Waals surface area contributed by atoms with E-state index in [0.717, 1.165) is 51.1 Å². The first kappa shape index (κ1) is 14.8. The first-order chi connectivity index (χ1) is 11.3. The summed E-state index contributed by atoms with van der Waals surface area (Å²) in [6, 6.07) is 6.29. The maximum absolute atomic E-state index is 13.1. The molecule has 122 valence electrons. The predicted molar refractivity (Wildman–Crippen MR) is 93.0 cm³/mol. The molecule has 0 spiro atoms. The third-order valence-electron chi connectivity index (χ3n) is 5.35. The number of benzene rings is 1. The van der Waals surface area contributed by atoms with Crippen LogP contribution in [-0.2, 0) is 19.4 Å². The summed E-state index contributed by atoms with van der Waals surface area (Å²) < 4.78 is 2.40. The second kappa shape index (κ2) is 6.00. The van der Waals surface area contributed by atoms with E-state index in [-0.39, 0.29) is 5.91 Å². The molecule has 4 rings (SSSR count). The molecule has 1 aromatic carbocycles. The van der Waals surface area contributed by atoms with Crippen molar-refractivity contribution >= 4 is 16.8 Å². The molecule has 2 aromatic rings. The first-order valence-electron chi connectivity index (χ1n) is 8.94. The van der Waals surface area contributed by atoms with E-state index < -0.39 is 0 Å². The minimum atomic E-state index is 0.196. The molecule has 4 heteroatoms. The number of carbonyl (C=O) groups is 1. The number of amides is 1. The van der Waals surface area contributed by atoms with Gasteiger partial charge in [-0.1, -0.05) is 12.1 Å². The number of rotatable bonds is 2. The van der Waals surface area contributed by atoms with E-state index in [2.05, 4.69) is 28.9 Å². The lowest BCUT2D eigenvalue weighted by Crippen LogP contribution is -2.46. The molecule has 1 N–H and O–H groups in total. The Labute approximate surface area is 137 Å². The number of fused-ring (bicyclic) bond motifs is 3.